The third-order valence-corrected chi connectivity index (χ3v) is 5.27. The van der Waals surface area contributed by atoms with E-state index in [1.807, 2.05) is 36.4 Å². The minimum absolute atomic E-state index is 0.187. The summed E-state index contributed by atoms with van der Waals surface area (Å²) in [6.45, 7) is 0.482. The molecule has 4 rings (SSSR count). The minimum atomic E-state index is -0.448. The van der Waals surface area contributed by atoms with Gasteiger partial charge in [-0.1, -0.05) is 79.9 Å². The summed E-state index contributed by atoms with van der Waals surface area (Å²) in [6, 6.07) is 18.8. The number of hydrogen-bond donors (Lipinski definition) is 0. The van der Waals surface area contributed by atoms with E-state index in [4.69, 9.17) is 14.5 Å². The van der Waals surface area contributed by atoms with Gasteiger partial charge in [-0.15, -0.1) is 0 Å². The van der Waals surface area contributed by atoms with Crippen molar-refractivity contribution >= 4 is 6.08 Å². The second-order valence-electron chi connectivity index (χ2n) is 7.17. The average Bonchev–Trinajstić information content (AvgIpc) is 2.74. The quantitative estimate of drug-likeness (QED) is 0.653. The monoisotopic (exact) mass is 350 g/mol. The normalized spacial score (nSPS) is 24.8. The summed E-state index contributed by atoms with van der Waals surface area (Å²) in [5.74, 6) is 0.750. The van der Waals surface area contributed by atoms with Crippen LogP contribution in [0.3, 0.4) is 0 Å². The Bertz CT molecular complexity index is 694. The van der Waals surface area contributed by atoms with Crippen LogP contribution in [0.1, 0.15) is 61.0 Å². The predicted molar refractivity (Wildman–Crippen MR) is 102 cm³/mol. The van der Waals surface area contributed by atoms with E-state index in [1.165, 1.54) is 43.2 Å². The maximum Gasteiger partial charge on any atom is 0.217 e. The molecule has 2 unspecified atom stereocenters. The molecule has 1 saturated heterocycles. The molecule has 1 aliphatic heterocycles. The smallest absolute Gasteiger partial charge is 0.217 e. The molecule has 1 heterocycles. The first-order valence-electron chi connectivity index (χ1n) is 9.65. The van der Waals surface area contributed by atoms with E-state index in [1.54, 1.807) is 0 Å². The Kier molecular flexibility index (Phi) is 5.80. The largest absolute Gasteiger partial charge is 0.343 e. The zero-order valence-corrected chi connectivity index (χ0v) is 15.1. The van der Waals surface area contributed by atoms with Gasteiger partial charge in [0.25, 0.3) is 0 Å². The molecule has 2 atom stereocenters. The first kappa shape index (κ1) is 17.5. The molecule has 0 radical (unpaired) electrons. The molecule has 0 bridgehead atoms. The van der Waals surface area contributed by atoms with E-state index in [9.17, 15) is 0 Å². The fourth-order valence-corrected chi connectivity index (χ4v) is 3.74. The molecule has 0 aromatic heterocycles. The molecule has 0 spiro atoms. The third-order valence-electron chi connectivity index (χ3n) is 5.27. The molecular formula is C23H26O3. The van der Waals surface area contributed by atoms with Gasteiger partial charge in [0.1, 0.15) is 6.10 Å². The zero-order chi connectivity index (χ0) is 17.6. The van der Waals surface area contributed by atoms with E-state index < -0.39 is 6.29 Å². The standard InChI is InChI=1S/C23H26O3/c1-3-7-19(8-4-1)20-14-11-18(12-15-20)13-16-22-17-24-23(26-25-22)21-9-5-2-6-10-21/h2,5-6,9-16,19,22-23H,1,3-4,7-8,17H2. The molecule has 0 amide bonds. The van der Waals surface area contributed by atoms with Crippen molar-refractivity contribution in [2.75, 3.05) is 6.61 Å². The summed E-state index contributed by atoms with van der Waals surface area (Å²) >= 11 is 0. The lowest BCUT2D eigenvalue weighted by Gasteiger charge is -2.26. The Morgan fingerprint density at radius 2 is 1.54 bits per heavy atom. The predicted octanol–water partition coefficient (Wildman–Crippen LogP) is 5.79. The molecule has 3 heteroatoms. The van der Waals surface area contributed by atoms with E-state index >= 15 is 0 Å². The van der Waals surface area contributed by atoms with Crippen molar-refractivity contribution in [3.8, 4) is 0 Å². The second-order valence-corrected chi connectivity index (χ2v) is 7.17. The van der Waals surface area contributed by atoms with Gasteiger partial charge in [0.2, 0.25) is 6.29 Å². The highest BCUT2D eigenvalue weighted by molar-refractivity contribution is 5.50. The van der Waals surface area contributed by atoms with E-state index in [0.717, 1.165) is 11.5 Å². The summed E-state index contributed by atoms with van der Waals surface area (Å²) in [6.07, 6.45) is 10.2. The molecule has 26 heavy (non-hydrogen) atoms. The molecular weight excluding hydrogens is 324 g/mol. The van der Waals surface area contributed by atoms with Gasteiger partial charge in [-0.2, -0.15) is 4.89 Å². The Morgan fingerprint density at radius 1 is 0.769 bits per heavy atom. The lowest BCUT2D eigenvalue weighted by atomic mass is 9.84. The van der Waals surface area contributed by atoms with Crippen molar-refractivity contribution < 1.29 is 14.5 Å². The molecule has 2 aromatic carbocycles. The molecule has 2 fully saturated rings. The Morgan fingerprint density at radius 3 is 2.23 bits per heavy atom. The van der Waals surface area contributed by atoms with Gasteiger partial charge in [0.05, 0.1) is 6.61 Å². The molecule has 1 saturated carbocycles. The maximum absolute atomic E-state index is 5.77. The summed E-state index contributed by atoms with van der Waals surface area (Å²) in [4.78, 5) is 10.9. The van der Waals surface area contributed by atoms with Gasteiger partial charge in [-0.3, -0.25) is 0 Å². The van der Waals surface area contributed by atoms with E-state index in [-0.39, 0.29) is 6.10 Å². The minimum Gasteiger partial charge on any atom is -0.343 e. The van der Waals surface area contributed by atoms with Crippen LogP contribution in [0.15, 0.2) is 60.7 Å². The molecule has 2 aromatic rings. The van der Waals surface area contributed by atoms with Crippen LogP contribution in [-0.4, -0.2) is 12.7 Å². The van der Waals surface area contributed by atoms with Crippen LogP contribution in [0.5, 0.6) is 0 Å². The van der Waals surface area contributed by atoms with Crippen molar-refractivity contribution in [3.63, 3.8) is 0 Å². The van der Waals surface area contributed by atoms with Crippen LogP contribution < -0.4 is 0 Å². The van der Waals surface area contributed by atoms with Crippen molar-refractivity contribution in [1.29, 1.82) is 0 Å². The lowest BCUT2D eigenvalue weighted by Crippen LogP contribution is -2.27. The SMILES string of the molecule is C(=CC1COC(c2ccccc2)OO1)c1ccc(C2CCCCC2)cc1. The highest BCUT2D eigenvalue weighted by atomic mass is 17.2. The van der Waals surface area contributed by atoms with Crippen molar-refractivity contribution in [2.45, 2.75) is 50.4 Å². The number of ether oxygens (including phenoxy) is 1. The molecule has 0 N–H and O–H groups in total. The fourth-order valence-electron chi connectivity index (χ4n) is 3.74. The lowest BCUT2D eigenvalue weighted by molar-refractivity contribution is -0.437. The molecule has 3 nitrogen and oxygen atoms in total. The number of hydrogen-bond acceptors (Lipinski definition) is 3. The topological polar surface area (TPSA) is 27.7 Å². The number of benzene rings is 2. The second kappa shape index (κ2) is 8.63. The van der Waals surface area contributed by atoms with E-state index in [0.29, 0.717) is 6.61 Å². The first-order valence-corrected chi connectivity index (χ1v) is 9.65. The molecule has 2 aliphatic rings. The Hall–Kier alpha value is -1.94. The molecule has 1 aliphatic carbocycles. The maximum atomic E-state index is 5.77. The highest BCUT2D eigenvalue weighted by Gasteiger charge is 2.23. The summed E-state index contributed by atoms with van der Waals surface area (Å²) in [7, 11) is 0. The molecule has 136 valence electrons. The number of rotatable bonds is 4. The van der Waals surface area contributed by atoms with Gasteiger partial charge in [-0.25, -0.2) is 4.89 Å². The van der Waals surface area contributed by atoms with Crippen molar-refractivity contribution in [1.82, 2.24) is 0 Å². The highest BCUT2D eigenvalue weighted by Crippen LogP contribution is 2.32. The van der Waals surface area contributed by atoms with Crippen LogP contribution in [0.4, 0.5) is 0 Å². The summed E-state index contributed by atoms with van der Waals surface area (Å²) in [5.41, 5.74) is 3.62. The van der Waals surface area contributed by atoms with Crippen LogP contribution in [-0.2, 0) is 14.5 Å². The third kappa shape index (κ3) is 4.42. The van der Waals surface area contributed by atoms with Crippen LogP contribution in [0.2, 0.25) is 0 Å². The van der Waals surface area contributed by atoms with Gasteiger partial charge in [0, 0.05) is 5.56 Å². The van der Waals surface area contributed by atoms with Crippen LogP contribution >= 0.6 is 0 Å². The van der Waals surface area contributed by atoms with Gasteiger partial charge in [0.15, 0.2) is 0 Å². The van der Waals surface area contributed by atoms with Crippen molar-refractivity contribution in [3.05, 3.63) is 77.4 Å². The van der Waals surface area contributed by atoms with Crippen molar-refractivity contribution in [2.24, 2.45) is 0 Å². The zero-order valence-electron chi connectivity index (χ0n) is 15.1. The Balaban J connectivity index is 1.30. The first-order chi connectivity index (χ1) is 12.9. The van der Waals surface area contributed by atoms with Gasteiger partial charge >= 0.3 is 0 Å². The Labute approximate surface area is 155 Å². The van der Waals surface area contributed by atoms with Crippen LogP contribution in [0.25, 0.3) is 6.08 Å². The van der Waals surface area contributed by atoms with Gasteiger partial charge in [-0.05, 0) is 36.0 Å². The fraction of sp³-hybridized carbons (Fsp3) is 0.391. The van der Waals surface area contributed by atoms with Gasteiger partial charge < -0.3 is 4.74 Å². The summed E-state index contributed by atoms with van der Waals surface area (Å²) < 4.78 is 5.77. The van der Waals surface area contributed by atoms with E-state index in [2.05, 4.69) is 30.3 Å². The van der Waals surface area contributed by atoms with Crippen LogP contribution in [0, 0.1) is 0 Å². The average molecular weight is 350 g/mol. The summed E-state index contributed by atoms with van der Waals surface area (Å²) in [5, 5.41) is 0.